The van der Waals surface area contributed by atoms with Gasteiger partial charge < -0.3 is 9.64 Å². The Labute approximate surface area is 137 Å². The number of esters is 1. The fourth-order valence-electron chi connectivity index (χ4n) is 2.84. The molecular weight excluding hydrogens is 316 g/mol. The fourth-order valence-corrected chi connectivity index (χ4v) is 2.84. The number of amides is 1. The van der Waals surface area contributed by atoms with Crippen LogP contribution in [0.4, 0.5) is 14.5 Å². The van der Waals surface area contributed by atoms with Crippen LogP contribution in [0.3, 0.4) is 0 Å². The minimum absolute atomic E-state index is 0.0329. The lowest BCUT2D eigenvalue weighted by molar-refractivity contribution is -0.119. The molecule has 1 aliphatic rings. The molecule has 1 heterocycles. The second kappa shape index (κ2) is 6.39. The minimum Gasteiger partial charge on any atom is -0.465 e. The monoisotopic (exact) mass is 331 g/mol. The van der Waals surface area contributed by atoms with E-state index in [1.165, 1.54) is 24.1 Å². The lowest BCUT2D eigenvalue weighted by atomic mass is 9.98. The van der Waals surface area contributed by atoms with E-state index in [0.29, 0.717) is 29.7 Å². The molecule has 6 heteroatoms. The van der Waals surface area contributed by atoms with E-state index < -0.39 is 17.6 Å². The van der Waals surface area contributed by atoms with Gasteiger partial charge in [-0.25, -0.2) is 13.6 Å². The molecule has 2 aromatic rings. The first-order chi connectivity index (χ1) is 11.5. The molecule has 3 rings (SSSR count). The number of rotatable bonds is 3. The van der Waals surface area contributed by atoms with Crippen LogP contribution in [-0.2, 0) is 22.5 Å². The van der Waals surface area contributed by atoms with Crippen LogP contribution >= 0.6 is 0 Å². The molecule has 0 saturated heterocycles. The van der Waals surface area contributed by atoms with Gasteiger partial charge in [0.05, 0.1) is 19.2 Å². The zero-order valence-electron chi connectivity index (χ0n) is 13.0. The summed E-state index contributed by atoms with van der Waals surface area (Å²) in [4.78, 5) is 25.5. The van der Waals surface area contributed by atoms with Gasteiger partial charge >= 0.3 is 5.97 Å². The van der Waals surface area contributed by atoms with Crippen molar-refractivity contribution in [2.24, 2.45) is 0 Å². The standard InChI is InChI=1S/C18H15F2NO3/c1-24-18(23)13-3-2-12-4-5-17(22)21(16(12)8-13)10-11-6-14(19)9-15(20)7-11/h2-3,6-9H,4-5,10H2,1H3. The van der Waals surface area contributed by atoms with Crippen molar-refractivity contribution in [2.75, 3.05) is 12.0 Å². The maximum absolute atomic E-state index is 13.4. The number of carbonyl (C=O) groups is 2. The quantitative estimate of drug-likeness (QED) is 0.811. The molecule has 24 heavy (non-hydrogen) atoms. The highest BCUT2D eigenvalue weighted by molar-refractivity contribution is 5.98. The van der Waals surface area contributed by atoms with Crippen LogP contribution in [0.1, 0.15) is 27.9 Å². The third-order valence-electron chi connectivity index (χ3n) is 3.97. The third-order valence-corrected chi connectivity index (χ3v) is 3.97. The van der Waals surface area contributed by atoms with Crippen LogP contribution in [0, 0.1) is 11.6 Å². The number of methoxy groups -OCH3 is 1. The molecule has 1 amide bonds. The minimum atomic E-state index is -0.696. The SMILES string of the molecule is COC(=O)c1ccc2c(c1)N(Cc1cc(F)cc(F)c1)C(=O)CC2. The van der Waals surface area contributed by atoms with Gasteiger partial charge in [-0.05, 0) is 41.8 Å². The number of anilines is 1. The highest BCUT2D eigenvalue weighted by Crippen LogP contribution is 2.30. The third kappa shape index (κ3) is 3.13. The lowest BCUT2D eigenvalue weighted by Crippen LogP contribution is -2.34. The van der Waals surface area contributed by atoms with E-state index in [9.17, 15) is 18.4 Å². The molecular formula is C18H15F2NO3. The Hall–Kier alpha value is -2.76. The van der Waals surface area contributed by atoms with Crippen LogP contribution in [0.2, 0.25) is 0 Å². The number of hydrogen-bond donors (Lipinski definition) is 0. The Balaban J connectivity index is 1.99. The first kappa shape index (κ1) is 16.1. The molecule has 0 aromatic heterocycles. The number of ether oxygens (including phenoxy) is 1. The molecule has 1 aliphatic heterocycles. The lowest BCUT2D eigenvalue weighted by Gasteiger charge is -2.30. The highest BCUT2D eigenvalue weighted by Gasteiger charge is 2.25. The Morgan fingerprint density at radius 1 is 1.12 bits per heavy atom. The van der Waals surface area contributed by atoms with Gasteiger partial charge in [0, 0.05) is 18.2 Å². The Kier molecular flexibility index (Phi) is 4.29. The predicted octanol–water partition coefficient (Wildman–Crippen LogP) is 3.23. The Morgan fingerprint density at radius 2 is 1.83 bits per heavy atom. The summed E-state index contributed by atoms with van der Waals surface area (Å²) < 4.78 is 31.5. The van der Waals surface area contributed by atoms with E-state index in [2.05, 4.69) is 0 Å². The molecule has 0 bridgehead atoms. The molecule has 0 N–H and O–H groups in total. The second-order valence-electron chi connectivity index (χ2n) is 5.59. The van der Waals surface area contributed by atoms with Crippen LogP contribution in [0.5, 0.6) is 0 Å². The number of aryl methyl sites for hydroxylation is 1. The molecule has 0 atom stereocenters. The van der Waals surface area contributed by atoms with Crippen LogP contribution in [-0.4, -0.2) is 19.0 Å². The summed E-state index contributed by atoms with van der Waals surface area (Å²) >= 11 is 0. The summed E-state index contributed by atoms with van der Waals surface area (Å²) in [5.41, 5.74) is 2.14. The number of fused-ring (bicyclic) bond motifs is 1. The summed E-state index contributed by atoms with van der Waals surface area (Å²) in [7, 11) is 1.28. The largest absolute Gasteiger partial charge is 0.465 e. The average molecular weight is 331 g/mol. The summed E-state index contributed by atoms with van der Waals surface area (Å²) in [6.07, 6.45) is 0.867. The van der Waals surface area contributed by atoms with Crippen molar-refractivity contribution in [1.82, 2.24) is 0 Å². The van der Waals surface area contributed by atoms with Crippen molar-refractivity contribution in [3.05, 3.63) is 64.7 Å². The number of benzene rings is 2. The molecule has 0 saturated carbocycles. The summed E-state index contributed by atoms with van der Waals surface area (Å²) in [6.45, 7) is 0.0329. The smallest absolute Gasteiger partial charge is 0.337 e. The van der Waals surface area contributed by atoms with Crippen molar-refractivity contribution >= 4 is 17.6 Å². The van der Waals surface area contributed by atoms with Crippen molar-refractivity contribution in [1.29, 1.82) is 0 Å². The van der Waals surface area contributed by atoms with Gasteiger partial charge in [0.15, 0.2) is 0 Å². The van der Waals surface area contributed by atoms with Gasteiger partial charge in [-0.2, -0.15) is 0 Å². The topological polar surface area (TPSA) is 46.6 Å². The normalized spacial score (nSPS) is 13.6. The molecule has 4 nitrogen and oxygen atoms in total. The van der Waals surface area contributed by atoms with Crippen LogP contribution in [0.15, 0.2) is 36.4 Å². The van der Waals surface area contributed by atoms with Gasteiger partial charge in [0.2, 0.25) is 5.91 Å². The molecule has 2 aromatic carbocycles. The van der Waals surface area contributed by atoms with Gasteiger partial charge in [0.25, 0.3) is 0 Å². The summed E-state index contributed by atoms with van der Waals surface area (Å²) in [6, 6.07) is 8.15. The van der Waals surface area contributed by atoms with Gasteiger partial charge in [-0.15, -0.1) is 0 Å². The highest BCUT2D eigenvalue weighted by atomic mass is 19.1. The van der Waals surface area contributed by atoms with Gasteiger partial charge in [0.1, 0.15) is 11.6 Å². The number of nitrogens with zero attached hydrogens (tertiary/aromatic N) is 1. The molecule has 0 unspecified atom stereocenters. The maximum atomic E-state index is 13.4. The predicted molar refractivity (Wildman–Crippen MR) is 83.7 cm³/mol. The number of carbonyl (C=O) groups excluding carboxylic acids is 2. The molecule has 0 fully saturated rings. The van der Waals surface area contributed by atoms with Crippen molar-refractivity contribution in [3.63, 3.8) is 0 Å². The maximum Gasteiger partial charge on any atom is 0.337 e. The molecule has 0 radical (unpaired) electrons. The van der Waals surface area contributed by atoms with Gasteiger partial charge in [-0.1, -0.05) is 6.07 Å². The first-order valence-corrected chi connectivity index (χ1v) is 7.44. The van der Waals surface area contributed by atoms with Crippen molar-refractivity contribution in [3.8, 4) is 0 Å². The van der Waals surface area contributed by atoms with Crippen molar-refractivity contribution in [2.45, 2.75) is 19.4 Å². The molecule has 124 valence electrons. The summed E-state index contributed by atoms with van der Waals surface area (Å²) in [5.74, 6) is -2.06. The van der Waals surface area contributed by atoms with Crippen LogP contribution in [0.25, 0.3) is 0 Å². The second-order valence-corrected chi connectivity index (χ2v) is 5.59. The van der Waals surface area contributed by atoms with E-state index in [-0.39, 0.29) is 12.5 Å². The zero-order valence-corrected chi connectivity index (χ0v) is 13.0. The van der Waals surface area contributed by atoms with Crippen LogP contribution < -0.4 is 4.90 Å². The van der Waals surface area contributed by atoms with E-state index in [1.807, 2.05) is 0 Å². The molecule has 0 spiro atoms. The number of hydrogen-bond acceptors (Lipinski definition) is 3. The van der Waals surface area contributed by atoms with Gasteiger partial charge in [-0.3, -0.25) is 4.79 Å². The Morgan fingerprint density at radius 3 is 2.50 bits per heavy atom. The first-order valence-electron chi connectivity index (χ1n) is 7.44. The number of halogens is 2. The van der Waals surface area contributed by atoms with E-state index in [1.54, 1.807) is 18.2 Å². The average Bonchev–Trinajstić information content (AvgIpc) is 2.55. The Bertz CT molecular complexity index is 800. The zero-order chi connectivity index (χ0) is 17.3. The van der Waals surface area contributed by atoms with E-state index >= 15 is 0 Å². The summed E-state index contributed by atoms with van der Waals surface area (Å²) in [5, 5.41) is 0. The van der Waals surface area contributed by atoms with E-state index in [4.69, 9.17) is 4.74 Å². The fraction of sp³-hybridized carbons (Fsp3) is 0.222. The van der Waals surface area contributed by atoms with E-state index in [0.717, 1.165) is 11.6 Å². The van der Waals surface area contributed by atoms with Crippen molar-refractivity contribution < 1.29 is 23.1 Å². The molecule has 0 aliphatic carbocycles.